The summed E-state index contributed by atoms with van der Waals surface area (Å²) in [4.78, 5) is 11.5. The highest BCUT2D eigenvalue weighted by Gasteiger charge is 2.03. The van der Waals surface area contributed by atoms with Crippen LogP contribution >= 0.6 is 0 Å². The number of nitrogens with one attached hydrogen (secondary N) is 2. The summed E-state index contributed by atoms with van der Waals surface area (Å²) < 4.78 is 0. The molecule has 1 aromatic rings. The summed E-state index contributed by atoms with van der Waals surface area (Å²) in [5.41, 5.74) is 1.62. The van der Waals surface area contributed by atoms with Gasteiger partial charge in [-0.15, -0.1) is 0 Å². The van der Waals surface area contributed by atoms with E-state index < -0.39 is 0 Å². The highest BCUT2D eigenvalue weighted by atomic mass is 16.1. The van der Waals surface area contributed by atoms with E-state index >= 15 is 0 Å². The van der Waals surface area contributed by atoms with Crippen LogP contribution in [0, 0.1) is 11.3 Å². The monoisotopic (exact) mass is 245 g/mol. The Labute approximate surface area is 108 Å². The third-order valence-electron chi connectivity index (χ3n) is 2.80. The van der Waals surface area contributed by atoms with E-state index in [2.05, 4.69) is 23.6 Å². The van der Waals surface area contributed by atoms with Gasteiger partial charge in [0, 0.05) is 12.6 Å². The quantitative estimate of drug-likeness (QED) is 0.799. The van der Waals surface area contributed by atoms with E-state index in [4.69, 9.17) is 5.26 Å². The highest BCUT2D eigenvalue weighted by molar-refractivity contribution is 5.78. The zero-order valence-electron chi connectivity index (χ0n) is 10.9. The molecule has 0 aliphatic rings. The molecule has 1 atom stereocenters. The number of carbonyl (C=O) groups excluding carboxylic acids is 1. The lowest BCUT2D eigenvalue weighted by Gasteiger charge is -2.11. The molecule has 0 saturated carbocycles. The molecule has 1 rings (SSSR count). The Morgan fingerprint density at radius 3 is 2.61 bits per heavy atom. The van der Waals surface area contributed by atoms with Gasteiger partial charge in [-0.05, 0) is 31.0 Å². The summed E-state index contributed by atoms with van der Waals surface area (Å²) in [6, 6.07) is 9.61. The largest absolute Gasteiger partial charge is 0.351 e. The van der Waals surface area contributed by atoms with E-state index in [0.717, 1.165) is 12.0 Å². The third-order valence-corrected chi connectivity index (χ3v) is 2.80. The maximum absolute atomic E-state index is 11.5. The summed E-state index contributed by atoms with van der Waals surface area (Å²) in [5, 5.41) is 14.6. The van der Waals surface area contributed by atoms with E-state index in [0.29, 0.717) is 24.7 Å². The van der Waals surface area contributed by atoms with Gasteiger partial charge in [0.15, 0.2) is 0 Å². The second-order valence-electron chi connectivity index (χ2n) is 4.28. The highest BCUT2D eigenvalue weighted by Crippen LogP contribution is 2.02. The zero-order valence-corrected chi connectivity index (χ0v) is 10.9. The van der Waals surface area contributed by atoms with Gasteiger partial charge in [-0.25, -0.2) is 0 Å². The van der Waals surface area contributed by atoms with Crippen molar-refractivity contribution in [1.82, 2.24) is 10.6 Å². The summed E-state index contributed by atoms with van der Waals surface area (Å²) in [6.45, 7) is 4.96. The van der Waals surface area contributed by atoms with Crippen LogP contribution in [0.2, 0.25) is 0 Å². The first-order valence-corrected chi connectivity index (χ1v) is 6.14. The topological polar surface area (TPSA) is 64.9 Å². The number of hydrogen-bond donors (Lipinski definition) is 2. The molecule has 18 heavy (non-hydrogen) atoms. The van der Waals surface area contributed by atoms with Crippen molar-refractivity contribution in [2.24, 2.45) is 0 Å². The van der Waals surface area contributed by atoms with Crippen LogP contribution in [-0.4, -0.2) is 18.5 Å². The lowest BCUT2D eigenvalue weighted by molar-refractivity contribution is -0.120. The summed E-state index contributed by atoms with van der Waals surface area (Å²) in [7, 11) is 0. The molecule has 0 radical (unpaired) electrons. The molecule has 4 heteroatoms. The summed E-state index contributed by atoms with van der Waals surface area (Å²) >= 11 is 0. The van der Waals surface area contributed by atoms with E-state index in [1.807, 2.05) is 19.1 Å². The van der Waals surface area contributed by atoms with Crippen LogP contribution in [0.3, 0.4) is 0 Å². The van der Waals surface area contributed by atoms with Gasteiger partial charge in [-0.1, -0.05) is 19.1 Å². The van der Waals surface area contributed by atoms with Crippen molar-refractivity contribution >= 4 is 5.91 Å². The van der Waals surface area contributed by atoms with Gasteiger partial charge in [-0.3, -0.25) is 4.79 Å². The zero-order chi connectivity index (χ0) is 13.4. The third kappa shape index (κ3) is 4.98. The fourth-order valence-corrected chi connectivity index (χ4v) is 1.37. The van der Waals surface area contributed by atoms with E-state index in [1.165, 1.54) is 0 Å². The fourth-order valence-electron chi connectivity index (χ4n) is 1.37. The number of hydrogen-bond acceptors (Lipinski definition) is 3. The number of nitrogens with zero attached hydrogens (tertiary/aromatic N) is 1. The molecular weight excluding hydrogens is 226 g/mol. The van der Waals surface area contributed by atoms with Gasteiger partial charge in [-0.2, -0.15) is 5.26 Å². The molecular formula is C14H19N3O. The average Bonchev–Trinajstić information content (AvgIpc) is 2.42. The second kappa shape index (κ2) is 7.46. The van der Waals surface area contributed by atoms with Gasteiger partial charge < -0.3 is 10.6 Å². The Balaban J connectivity index is 2.31. The Kier molecular flexibility index (Phi) is 5.89. The summed E-state index contributed by atoms with van der Waals surface area (Å²) in [5.74, 6) is -0.0142. The first-order chi connectivity index (χ1) is 8.65. The van der Waals surface area contributed by atoms with E-state index in [1.54, 1.807) is 12.1 Å². The predicted octanol–water partition coefficient (Wildman–Crippen LogP) is 1.56. The molecule has 1 amide bonds. The van der Waals surface area contributed by atoms with E-state index in [9.17, 15) is 4.79 Å². The van der Waals surface area contributed by atoms with Crippen molar-refractivity contribution in [3.63, 3.8) is 0 Å². The molecule has 0 aromatic heterocycles. The molecule has 0 spiro atoms. The Bertz CT molecular complexity index is 420. The first-order valence-electron chi connectivity index (χ1n) is 6.14. The van der Waals surface area contributed by atoms with Crippen molar-refractivity contribution in [2.75, 3.05) is 6.54 Å². The molecule has 96 valence electrons. The molecule has 0 bridgehead atoms. The second-order valence-corrected chi connectivity index (χ2v) is 4.28. The van der Waals surface area contributed by atoms with Crippen molar-refractivity contribution in [3.05, 3.63) is 35.4 Å². The molecule has 4 nitrogen and oxygen atoms in total. The lowest BCUT2D eigenvalue weighted by Crippen LogP contribution is -2.37. The first kappa shape index (κ1) is 14.2. The fraction of sp³-hybridized carbons (Fsp3) is 0.429. The van der Waals surface area contributed by atoms with Crippen LogP contribution in [0.25, 0.3) is 0 Å². The van der Waals surface area contributed by atoms with Crippen molar-refractivity contribution in [2.45, 2.75) is 32.9 Å². The van der Waals surface area contributed by atoms with Crippen LogP contribution < -0.4 is 10.6 Å². The van der Waals surface area contributed by atoms with Gasteiger partial charge in [0.2, 0.25) is 5.91 Å². The number of amides is 1. The minimum absolute atomic E-state index is 0.0142. The molecule has 2 N–H and O–H groups in total. The Morgan fingerprint density at radius 2 is 2.06 bits per heavy atom. The predicted molar refractivity (Wildman–Crippen MR) is 70.8 cm³/mol. The van der Waals surface area contributed by atoms with Crippen LogP contribution in [0.5, 0.6) is 0 Å². The number of nitriles is 1. The standard InChI is InChI=1S/C14H19N3O/c1-3-11(2)16-10-14(18)17-9-13-6-4-12(8-15)5-7-13/h4-7,11,16H,3,9-10H2,1-2H3,(H,17,18). The van der Waals surface area contributed by atoms with Crippen molar-refractivity contribution in [1.29, 1.82) is 5.26 Å². The average molecular weight is 245 g/mol. The maximum Gasteiger partial charge on any atom is 0.234 e. The lowest BCUT2D eigenvalue weighted by atomic mass is 10.1. The van der Waals surface area contributed by atoms with Crippen molar-refractivity contribution < 1.29 is 4.79 Å². The molecule has 0 saturated heterocycles. The Hall–Kier alpha value is -1.86. The van der Waals surface area contributed by atoms with Gasteiger partial charge in [0.05, 0.1) is 18.2 Å². The molecule has 1 aromatic carbocycles. The van der Waals surface area contributed by atoms with Crippen LogP contribution in [-0.2, 0) is 11.3 Å². The smallest absolute Gasteiger partial charge is 0.234 e. The van der Waals surface area contributed by atoms with Gasteiger partial charge in [0.25, 0.3) is 0 Å². The van der Waals surface area contributed by atoms with Crippen LogP contribution in [0.15, 0.2) is 24.3 Å². The van der Waals surface area contributed by atoms with Crippen molar-refractivity contribution in [3.8, 4) is 6.07 Å². The number of benzene rings is 1. The SMILES string of the molecule is CCC(C)NCC(=O)NCc1ccc(C#N)cc1. The molecule has 1 unspecified atom stereocenters. The summed E-state index contributed by atoms with van der Waals surface area (Å²) in [6.07, 6.45) is 1.00. The Morgan fingerprint density at radius 1 is 1.39 bits per heavy atom. The molecule has 0 fully saturated rings. The minimum Gasteiger partial charge on any atom is -0.351 e. The van der Waals surface area contributed by atoms with E-state index in [-0.39, 0.29) is 5.91 Å². The number of carbonyl (C=O) groups is 1. The normalized spacial score (nSPS) is 11.6. The molecule has 0 heterocycles. The number of rotatable bonds is 6. The van der Waals surface area contributed by atoms with Gasteiger partial charge >= 0.3 is 0 Å². The minimum atomic E-state index is -0.0142. The van der Waals surface area contributed by atoms with Crippen LogP contribution in [0.1, 0.15) is 31.4 Å². The molecule has 0 aliphatic heterocycles. The maximum atomic E-state index is 11.5. The molecule has 0 aliphatic carbocycles. The van der Waals surface area contributed by atoms with Crippen LogP contribution in [0.4, 0.5) is 0 Å². The van der Waals surface area contributed by atoms with Gasteiger partial charge in [0.1, 0.15) is 0 Å².